The number of hydrogen-bond donors (Lipinski definition) is 2. The Morgan fingerprint density at radius 1 is 1.20 bits per heavy atom. The van der Waals surface area contributed by atoms with E-state index in [0.29, 0.717) is 5.92 Å². The van der Waals surface area contributed by atoms with E-state index >= 15 is 0 Å². The van der Waals surface area contributed by atoms with Crippen molar-refractivity contribution in [2.24, 2.45) is 17.1 Å². The Balaban J connectivity index is 2.11. The maximum Gasteiger partial charge on any atom is 0.408 e. The largest absolute Gasteiger partial charge is 0.444 e. The highest BCUT2D eigenvalue weighted by molar-refractivity contribution is 5.69. The molecule has 0 radical (unpaired) electrons. The van der Waals surface area contributed by atoms with Gasteiger partial charge in [-0.3, -0.25) is 0 Å². The number of carbonyl (C=O) groups excluding carboxylic acids is 1. The molecule has 2 fully saturated rings. The highest BCUT2D eigenvalue weighted by Gasteiger charge is 2.65. The molecule has 0 heterocycles. The molecule has 0 saturated heterocycles. The first-order valence-electron chi connectivity index (χ1n) is 7.85. The van der Waals surface area contributed by atoms with Crippen LogP contribution in [0.25, 0.3) is 0 Å². The van der Waals surface area contributed by atoms with Crippen molar-refractivity contribution in [1.29, 1.82) is 0 Å². The predicted molar refractivity (Wildman–Crippen MR) is 80.4 cm³/mol. The minimum absolute atomic E-state index is 0.117. The zero-order valence-electron chi connectivity index (χ0n) is 13.6. The van der Waals surface area contributed by atoms with Crippen LogP contribution in [0, 0.1) is 11.3 Å². The van der Waals surface area contributed by atoms with Gasteiger partial charge in [-0.25, -0.2) is 4.79 Å². The fourth-order valence-corrected chi connectivity index (χ4v) is 3.94. The summed E-state index contributed by atoms with van der Waals surface area (Å²) in [5.41, 5.74) is 5.77. The van der Waals surface area contributed by atoms with E-state index in [1.165, 1.54) is 6.42 Å². The quantitative estimate of drug-likeness (QED) is 0.817. The molecule has 2 saturated carbocycles. The van der Waals surface area contributed by atoms with Crippen LogP contribution >= 0.6 is 0 Å². The molecule has 0 aromatic rings. The number of hydrogen-bond acceptors (Lipinski definition) is 3. The third-order valence-corrected chi connectivity index (χ3v) is 5.00. The Morgan fingerprint density at radius 3 is 2.10 bits per heavy atom. The molecule has 3 N–H and O–H groups in total. The fourth-order valence-electron chi connectivity index (χ4n) is 3.94. The first-order valence-corrected chi connectivity index (χ1v) is 7.85. The third-order valence-electron chi connectivity index (χ3n) is 5.00. The molecular formula is C16H30N2O2. The van der Waals surface area contributed by atoms with E-state index in [1.54, 1.807) is 0 Å². The normalized spacial score (nSPS) is 31.5. The smallest absolute Gasteiger partial charge is 0.408 e. The average molecular weight is 282 g/mol. The molecule has 0 aromatic carbocycles. The molecule has 0 unspecified atom stereocenters. The van der Waals surface area contributed by atoms with Crippen molar-refractivity contribution in [3.8, 4) is 0 Å². The van der Waals surface area contributed by atoms with E-state index in [9.17, 15) is 4.79 Å². The molecule has 2 aliphatic carbocycles. The van der Waals surface area contributed by atoms with E-state index in [1.807, 2.05) is 20.8 Å². The van der Waals surface area contributed by atoms with Crippen LogP contribution in [0.2, 0.25) is 0 Å². The first kappa shape index (κ1) is 15.6. The zero-order valence-corrected chi connectivity index (χ0v) is 13.6. The molecular weight excluding hydrogens is 252 g/mol. The van der Waals surface area contributed by atoms with Gasteiger partial charge in [0.05, 0.1) is 0 Å². The Bertz CT molecular complexity index is 378. The van der Waals surface area contributed by atoms with Crippen LogP contribution < -0.4 is 11.1 Å². The lowest BCUT2D eigenvalue weighted by molar-refractivity contribution is 0.0387. The minimum Gasteiger partial charge on any atom is -0.444 e. The number of carbonyl (C=O) groups is 1. The van der Waals surface area contributed by atoms with Crippen molar-refractivity contribution < 1.29 is 9.53 Å². The van der Waals surface area contributed by atoms with Crippen molar-refractivity contribution in [1.82, 2.24) is 5.32 Å². The number of ether oxygens (including phenoxy) is 1. The van der Waals surface area contributed by atoms with E-state index in [-0.39, 0.29) is 23.1 Å². The molecule has 0 bridgehead atoms. The molecule has 1 amide bonds. The van der Waals surface area contributed by atoms with Gasteiger partial charge in [0.25, 0.3) is 0 Å². The lowest BCUT2D eigenvalue weighted by Gasteiger charge is -2.40. The monoisotopic (exact) mass is 282 g/mol. The summed E-state index contributed by atoms with van der Waals surface area (Å²) in [5.74, 6) is 0.364. The van der Waals surface area contributed by atoms with Gasteiger partial charge in [0.1, 0.15) is 5.60 Å². The van der Waals surface area contributed by atoms with Crippen molar-refractivity contribution in [3.63, 3.8) is 0 Å². The lowest BCUT2D eigenvalue weighted by atomic mass is 9.76. The highest BCUT2D eigenvalue weighted by Crippen LogP contribution is 2.59. The van der Waals surface area contributed by atoms with Crippen LogP contribution in [0.15, 0.2) is 0 Å². The average Bonchev–Trinajstić information content (AvgIpc) is 2.76. The maximum absolute atomic E-state index is 12.2. The molecule has 20 heavy (non-hydrogen) atoms. The Hall–Kier alpha value is -0.770. The van der Waals surface area contributed by atoms with Crippen LogP contribution in [0.3, 0.4) is 0 Å². The highest BCUT2D eigenvalue weighted by atomic mass is 16.6. The van der Waals surface area contributed by atoms with Crippen LogP contribution in [-0.4, -0.2) is 23.3 Å². The Kier molecular flexibility index (Phi) is 3.83. The summed E-state index contributed by atoms with van der Waals surface area (Å²) in [6, 6.07) is 0.176. The maximum atomic E-state index is 12.2. The van der Waals surface area contributed by atoms with Crippen molar-refractivity contribution in [3.05, 3.63) is 0 Å². The minimum atomic E-state index is -0.457. The van der Waals surface area contributed by atoms with Gasteiger partial charge in [0.15, 0.2) is 0 Å². The van der Waals surface area contributed by atoms with Gasteiger partial charge >= 0.3 is 6.09 Å². The van der Waals surface area contributed by atoms with Crippen LogP contribution in [0.4, 0.5) is 4.79 Å². The second-order valence-corrected chi connectivity index (χ2v) is 8.17. The van der Waals surface area contributed by atoms with E-state index < -0.39 is 5.60 Å². The van der Waals surface area contributed by atoms with Gasteiger partial charge in [0, 0.05) is 17.5 Å². The molecule has 0 spiro atoms. The summed E-state index contributed by atoms with van der Waals surface area (Å²) >= 11 is 0. The summed E-state index contributed by atoms with van der Waals surface area (Å²) < 4.78 is 5.46. The van der Waals surface area contributed by atoms with Gasteiger partial charge in [-0.2, -0.15) is 0 Å². The number of nitrogens with one attached hydrogen (secondary N) is 1. The SMILES string of the molecule is CC(C)(C)OC(=O)NC1([C@@H]2[C@@H](N)C2(C)C)CCCCC1. The standard InChI is InChI=1S/C16H30N2O2/c1-14(2,3)20-13(19)18-16(9-7-6-8-10-16)11-12(17)15(11,4)5/h11-12H,6-10,17H2,1-5H3,(H,18,19)/t11-,12-/m1/s1. The summed E-state index contributed by atoms with van der Waals surface area (Å²) in [7, 11) is 0. The summed E-state index contributed by atoms with van der Waals surface area (Å²) in [4.78, 5) is 12.2. The van der Waals surface area contributed by atoms with Gasteiger partial charge in [-0.1, -0.05) is 33.1 Å². The lowest BCUT2D eigenvalue weighted by Crippen LogP contribution is -2.54. The van der Waals surface area contributed by atoms with Gasteiger partial charge in [0.2, 0.25) is 0 Å². The second kappa shape index (κ2) is 4.90. The summed E-state index contributed by atoms with van der Waals surface area (Å²) in [6.45, 7) is 10.1. The topological polar surface area (TPSA) is 64.3 Å². The number of alkyl carbamates (subject to hydrolysis) is 1. The number of rotatable bonds is 2. The van der Waals surface area contributed by atoms with Crippen molar-refractivity contribution in [2.75, 3.05) is 0 Å². The van der Waals surface area contributed by atoms with Crippen molar-refractivity contribution >= 4 is 6.09 Å². The molecule has 2 atom stereocenters. The van der Waals surface area contributed by atoms with E-state index in [0.717, 1.165) is 25.7 Å². The molecule has 2 rings (SSSR count). The van der Waals surface area contributed by atoms with Crippen LogP contribution in [-0.2, 0) is 4.74 Å². The zero-order chi connectivity index (χ0) is 15.2. The molecule has 0 aromatic heterocycles. The molecule has 4 heteroatoms. The Labute approximate surface area is 122 Å². The second-order valence-electron chi connectivity index (χ2n) is 8.17. The third kappa shape index (κ3) is 2.95. The fraction of sp³-hybridized carbons (Fsp3) is 0.938. The predicted octanol–water partition coefficient (Wildman–Crippen LogP) is 3.20. The molecule has 4 nitrogen and oxygen atoms in total. The van der Waals surface area contributed by atoms with Gasteiger partial charge < -0.3 is 15.8 Å². The summed E-state index contributed by atoms with van der Waals surface area (Å²) in [5, 5.41) is 3.20. The molecule has 116 valence electrons. The van der Waals surface area contributed by atoms with Gasteiger partial charge in [-0.15, -0.1) is 0 Å². The van der Waals surface area contributed by atoms with Crippen LogP contribution in [0.5, 0.6) is 0 Å². The van der Waals surface area contributed by atoms with Crippen LogP contribution in [0.1, 0.15) is 66.7 Å². The number of amides is 1. The van der Waals surface area contributed by atoms with Crippen molar-refractivity contribution in [2.45, 2.75) is 83.9 Å². The summed E-state index contributed by atoms with van der Waals surface area (Å²) in [6.07, 6.45) is 5.32. The molecule has 2 aliphatic rings. The van der Waals surface area contributed by atoms with E-state index in [2.05, 4.69) is 19.2 Å². The molecule has 0 aliphatic heterocycles. The Morgan fingerprint density at radius 2 is 1.70 bits per heavy atom. The van der Waals surface area contributed by atoms with Gasteiger partial charge in [-0.05, 0) is 39.0 Å². The first-order chi connectivity index (χ1) is 9.08. The van der Waals surface area contributed by atoms with E-state index in [4.69, 9.17) is 10.5 Å². The number of nitrogens with two attached hydrogens (primary N) is 1.